The average molecular weight is 335 g/mol. The fraction of sp³-hybridized carbons (Fsp3) is 0.500. The lowest BCUT2D eigenvalue weighted by Crippen LogP contribution is -2.41. The SMILES string of the molecule is CCCCC(NS(=O)(=O)c1ccc(F)c(F)c1)C(=O)OCC. The van der Waals surface area contributed by atoms with Gasteiger partial charge in [-0.3, -0.25) is 4.79 Å². The molecule has 0 saturated carbocycles. The monoisotopic (exact) mass is 335 g/mol. The Hall–Kier alpha value is -1.54. The van der Waals surface area contributed by atoms with Crippen molar-refractivity contribution in [2.45, 2.75) is 44.0 Å². The van der Waals surface area contributed by atoms with Crippen LogP contribution in [0.2, 0.25) is 0 Å². The standard InChI is InChI=1S/C14H19F2NO4S/c1-3-5-6-13(14(18)21-4-2)17-22(19,20)10-7-8-11(15)12(16)9-10/h7-9,13,17H,3-6H2,1-2H3. The Bertz CT molecular complexity index is 619. The van der Waals surface area contributed by atoms with Crippen molar-refractivity contribution in [2.75, 3.05) is 6.61 Å². The lowest BCUT2D eigenvalue weighted by atomic mass is 10.1. The third-order valence-electron chi connectivity index (χ3n) is 2.92. The smallest absolute Gasteiger partial charge is 0.324 e. The summed E-state index contributed by atoms with van der Waals surface area (Å²) in [6, 6.07) is 1.16. The molecule has 0 spiro atoms. The topological polar surface area (TPSA) is 72.5 Å². The Morgan fingerprint density at radius 3 is 2.50 bits per heavy atom. The van der Waals surface area contributed by atoms with Crippen LogP contribution in [0.25, 0.3) is 0 Å². The van der Waals surface area contributed by atoms with E-state index < -0.39 is 38.6 Å². The minimum Gasteiger partial charge on any atom is -0.465 e. The third kappa shape index (κ3) is 5.03. The molecule has 0 aliphatic heterocycles. The van der Waals surface area contributed by atoms with Crippen LogP contribution in [-0.4, -0.2) is 27.0 Å². The molecule has 0 aliphatic rings. The molecule has 0 radical (unpaired) electrons. The summed E-state index contributed by atoms with van der Waals surface area (Å²) in [7, 11) is -4.15. The first-order valence-electron chi connectivity index (χ1n) is 6.95. The predicted molar refractivity (Wildman–Crippen MR) is 76.6 cm³/mol. The predicted octanol–water partition coefficient (Wildman–Crippen LogP) is 2.37. The Labute approximate surface area is 128 Å². The number of esters is 1. The van der Waals surface area contributed by atoms with Gasteiger partial charge in [-0.2, -0.15) is 4.72 Å². The van der Waals surface area contributed by atoms with Gasteiger partial charge in [0.25, 0.3) is 0 Å². The van der Waals surface area contributed by atoms with Gasteiger partial charge in [-0.05, 0) is 31.5 Å². The number of halogens is 2. The van der Waals surface area contributed by atoms with Crippen molar-refractivity contribution in [1.82, 2.24) is 4.72 Å². The van der Waals surface area contributed by atoms with E-state index in [9.17, 15) is 22.0 Å². The second-order valence-corrected chi connectivity index (χ2v) is 6.36. The van der Waals surface area contributed by atoms with Crippen LogP contribution < -0.4 is 4.72 Å². The number of unbranched alkanes of at least 4 members (excludes halogenated alkanes) is 1. The van der Waals surface area contributed by atoms with Gasteiger partial charge in [0, 0.05) is 0 Å². The van der Waals surface area contributed by atoms with Crippen molar-refractivity contribution < 1.29 is 26.7 Å². The molecule has 1 N–H and O–H groups in total. The second kappa shape index (κ2) is 8.19. The summed E-state index contributed by atoms with van der Waals surface area (Å²) in [5, 5.41) is 0. The number of carbonyl (C=O) groups excluding carboxylic acids is 1. The highest BCUT2D eigenvalue weighted by Gasteiger charge is 2.26. The van der Waals surface area contributed by atoms with Crippen LogP contribution in [0, 0.1) is 11.6 Å². The first-order chi connectivity index (χ1) is 10.3. The second-order valence-electron chi connectivity index (χ2n) is 4.64. The van der Waals surface area contributed by atoms with Crippen LogP contribution >= 0.6 is 0 Å². The molecular formula is C14H19F2NO4S. The summed E-state index contributed by atoms with van der Waals surface area (Å²) in [5.41, 5.74) is 0. The molecule has 0 fully saturated rings. The number of rotatable bonds is 8. The molecule has 22 heavy (non-hydrogen) atoms. The van der Waals surface area contributed by atoms with Gasteiger partial charge in [0.1, 0.15) is 6.04 Å². The van der Waals surface area contributed by atoms with E-state index in [-0.39, 0.29) is 13.0 Å². The quantitative estimate of drug-likeness (QED) is 0.740. The highest BCUT2D eigenvalue weighted by Crippen LogP contribution is 2.15. The van der Waals surface area contributed by atoms with E-state index in [1.165, 1.54) is 0 Å². The zero-order chi connectivity index (χ0) is 16.8. The number of ether oxygens (including phenoxy) is 1. The van der Waals surface area contributed by atoms with Crippen molar-refractivity contribution in [2.24, 2.45) is 0 Å². The van der Waals surface area contributed by atoms with Crippen LogP contribution in [0.3, 0.4) is 0 Å². The molecule has 1 aromatic rings. The fourth-order valence-electron chi connectivity index (χ4n) is 1.78. The largest absolute Gasteiger partial charge is 0.465 e. The van der Waals surface area contributed by atoms with Crippen LogP contribution in [0.15, 0.2) is 23.1 Å². The third-order valence-corrected chi connectivity index (χ3v) is 4.39. The lowest BCUT2D eigenvalue weighted by Gasteiger charge is -2.17. The molecule has 1 unspecified atom stereocenters. The van der Waals surface area contributed by atoms with Gasteiger partial charge in [0.2, 0.25) is 10.0 Å². The van der Waals surface area contributed by atoms with Crippen LogP contribution in [0.5, 0.6) is 0 Å². The van der Waals surface area contributed by atoms with Gasteiger partial charge < -0.3 is 4.74 Å². The zero-order valence-electron chi connectivity index (χ0n) is 12.4. The number of carbonyl (C=O) groups is 1. The average Bonchev–Trinajstić information content (AvgIpc) is 2.46. The molecule has 1 aromatic carbocycles. The van der Waals surface area contributed by atoms with Gasteiger partial charge in [-0.25, -0.2) is 17.2 Å². The van der Waals surface area contributed by atoms with Gasteiger partial charge in [-0.15, -0.1) is 0 Å². The van der Waals surface area contributed by atoms with Crippen molar-refractivity contribution in [3.05, 3.63) is 29.8 Å². The van der Waals surface area contributed by atoms with E-state index in [0.717, 1.165) is 18.6 Å². The number of sulfonamides is 1. The molecule has 0 heterocycles. The van der Waals surface area contributed by atoms with E-state index in [1.807, 2.05) is 6.92 Å². The minimum atomic E-state index is -4.15. The highest BCUT2D eigenvalue weighted by molar-refractivity contribution is 7.89. The molecule has 1 atom stereocenters. The van der Waals surface area contributed by atoms with Crippen LogP contribution in [0.4, 0.5) is 8.78 Å². The van der Waals surface area contributed by atoms with Gasteiger partial charge >= 0.3 is 5.97 Å². The Morgan fingerprint density at radius 2 is 1.95 bits per heavy atom. The van der Waals surface area contributed by atoms with E-state index in [1.54, 1.807) is 6.92 Å². The first-order valence-corrected chi connectivity index (χ1v) is 8.44. The number of hydrogen-bond acceptors (Lipinski definition) is 4. The molecule has 5 nitrogen and oxygen atoms in total. The van der Waals surface area contributed by atoms with Crippen molar-refractivity contribution in [3.8, 4) is 0 Å². The molecule has 0 bridgehead atoms. The molecule has 124 valence electrons. The maximum absolute atomic E-state index is 13.2. The number of hydrogen-bond donors (Lipinski definition) is 1. The summed E-state index contributed by atoms with van der Waals surface area (Å²) >= 11 is 0. The molecule has 0 saturated heterocycles. The summed E-state index contributed by atoms with van der Waals surface area (Å²) in [6.07, 6.45) is 1.64. The Morgan fingerprint density at radius 1 is 1.27 bits per heavy atom. The van der Waals surface area contributed by atoms with Crippen molar-refractivity contribution >= 4 is 16.0 Å². The normalized spacial score (nSPS) is 12.9. The van der Waals surface area contributed by atoms with E-state index >= 15 is 0 Å². The minimum absolute atomic E-state index is 0.119. The zero-order valence-corrected chi connectivity index (χ0v) is 13.3. The highest BCUT2D eigenvalue weighted by atomic mass is 32.2. The molecule has 0 aromatic heterocycles. The Balaban J connectivity index is 2.98. The van der Waals surface area contributed by atoms with Gasteiger partial charge in [-0.1, -0.05) is 19.8 Å². The van der Waals surface area contributed by atoms with E-state index in [2.05, 4.69) is 4.72 Å². The Kier molecular flexibility index (Phi) is 6.89. The van der Waals surface area contributed by atoms with E-state index in [0.29, 0.717) is 12.5 Å². The number of benzene rings is 1. The van der Waals surface area contributed by atoms with Crippen LogP contribution in [-0.2, 0) is 19.6 Å². The van der Waals surface area contributed by atoms with Gasteiger partial charge in [0.15, 0.2) is 11.6 Å². The first kappa shape index (κ1) is 18.5. The molecule has 0 amide bonds. The lowest BCUT2D eigenvalue weighted by molar-refractivity contribution is -0.145. The van der Waals surface area contributed by atoms with Gasteiger partial charge in [0.05, 0.1) is 11.5 Å². The van der Waals surface area contributed by atoms with Crippen molar-refractivity contribution in [3.63, 3.8) is 0 Å². The molecular weight excluding hydrogens is 316 g/mol. The maximum atomic E-state index is 13.2. The fourth-order valence-corrected chi connectivity index (χ4v) is 3.01. The summed E-state index contributed by atoms with van der Waals surface area (Å²) in [4.78, 5) is 11.3. The maximum Gasteiger partial charge on any atom is 0.324 e. The van der Waals surface area contributed by atoms with Crippen molar-refractivity contribution in [1.29, 1.82) is 0 Å². The molecule has 1 rings (SSSR count). The summed E-state index contributed by atoms with van der Waals surface area (Å²) in [5.74, 6) is -3.11. The number of nitrogens with one attached hydrogen (secondary N) is 1. The molecule has 0 aliphatic carbocycles. The van der Waals surface area contributed by atoms with E-state index in [4.69, 9.17) is 4.74 Å². The summed E-state index contributed by atoms with van der Waals surface area (Å²) < 4.78 is 57.4. The summed E-state index contributed by atoms with van der Waals surface area (Å²) in [6.45, 7) is 3.62. The molecule has 8 heteroatoms. The van der Waals surface area contributed by atoms with Crippen LogP contribution in [0.1, 0.15) is 33.1 Å².